The Morgan fingerprint density at radius 3 is 2.71 bits per heavy atom. The van der Waals surface area contributed by atoms with E-state index in [0.29, 0.717) is 56.9 Å². The fourth-order valence-corrected chi connectivity index (χ4v) is 4.43. The standard InChI is InChI=1S/C22H24Cl2N4O2S/c1-27(2)12-11-25-20(29)8-5-13-31-22-26-18-7-4-3-6-16(18)21(30)28(22)19-10-9-15(23)14-17(19)24/h3-4,6-7,9-10,14H,5,8,11-13H2,1-2H3,(H,25,29). The van der Waals surface area contributed by atoms with Gasteiger partial charge in [0.2, 0.25) is 5.91 Å². The van der Waals surface area contributed by atoms with Crippen LogP contribution in [0.4, 0.5) is 0 Å². The summed E-state index contributed by atoms with van der Waals surface area (Å²) < 4.78 is 1.52. The summed E-state index contributed by atoms with van der Waals surface area (Å²) in [4.78, 5) is 31.9. The van der Waals surface area contributed by atoms with Crippen molar-refractivity contribution in [1.29, 1.82) is 0 Å². The second-order valence-electron chi connectivity index (χ2n) is 7.25. The first-order valence-corrected chi connectivity index (χ1v) is 11.6. The van der Waals surface area contributed by atoms with Crippen LogP contribution in [0.2, 0.25) is 10.0 Å². The van der Waals surface area contributed by atoms with E-state index in [1.54, 1.807) is 30.3 Å². The molecule has 9 heteroatoms. The van der Waals surface area contributed by atoms with E-state index in [0.717, 1.165) is 6.54 Å². The van der Waals surface area contributed by atoms with Crippen molar-refractivity contribution in [2.75, 3.05) is 32.9 Å². The summed E-state index contributed by atoms with van der Waals surface area (Å²) in [6.07, 6.45) is 1.08. The highest BCUT2D eigenvalue weighted by Gasteiger charge is 2.16. The van der Waals surface area contributed by atoms with Gasteiger partial charge in [-0.15, -0.1) is 0 Å². The normalized spacial score (nSPS) is 11.3. The largest absolute Gasteiger partial charge is 0.355 e. The van der Waals surface area contributed by atoms with Crippen molar-refractivity contribution in [1.82, 2.24) is 19.8 Å². The summed E-state index contributed by atoms with van der Waals surface area (Å²) in [7, 11) is 3.93. The number of benzene rings is 2. The highest BCUT2D eigenvalue weighted by atomic mass is 35.5. The molecule has 1 heterocycles. The maximum absolute atomic E-state index is 13.3. The molecule has 0 spiro atoms. The maximum Gasteiger partial charge on any atom is 0.266 e. The lowest BCUT2D eigenvalue weighted by Crippen LogP contribution is -2.31. The van der Waals surface area contributed by atoms with Crippen LogP contribution in [0.25, 0.3) is 16.6 Å². The van der Waals surface area contributed by atoms with Gasteiger partial charge in [0.15, 0.2) is 5.16 Å². The summed E-state index contributed by atoms with van der Waals surface area (Å²) in [5, 5.41) is 4.81. The molecule has 2 aromatic carbocycles. The van der Waals surface area contributed by atoms with Crippen LogP contribution in [0.3, 0.4) is 0 Å². The molecule has 3 rings (SSSR count). The first-order valence-electron chi connectivity index (χ1n) is 9.88. The van der Waals surface area contributed by atoms with Gasteiger partial charge in [0.05, 0.1) is 21.6 Å². The van der Waals surface area contributed by atoms with E-state index < -0.39 is 0 Å². The molecule has 0 aliphatic carbocycles. The molecule has 1 aromatic heterocycles. The Labute approximate surface area is 195 Å². The molecule has 31 heavy (non-hydrogen) atoms. The van der Waals surface area contributed by atoms with Gasteiger partial charge < -0.3 is 10.2 Å². The van der Waals surface area contributed by atoms with Gasteiger partial charge in [0.25, 0.3) is 5.56 Å². The molecule has 0 saturated carbocycles. The van der Waals surface area contributed by atoms with Crippen LogP contribution in [0.5, 0.6) is 0 Å². The van der Waals surface area contributed by atoms with Crippen LogP contribution in [-0.2, 0) is 4.79 Å². The molecule has 0 fully saturated rings. The zero-order valence-corrected chi connectivity index (χ0v) is 19.7. The highest BCUT2D eigenvalue weighted by Crippen LogP contribution is 2.28. The number of thioether (sulfide) groups is 1. The number of halogens is 2. The minimum absolute atomic E-state index is 0.0204. The minimum atomic E-state index is -0.196. The molecule has 6 nitrogen and oxygen atoms in total. The zero-order chi connectivity index (χ0) is 22.4. The molecule has 0 unspecified atom stereocenters. The van der Waals surface area contributed by atoms with Crippen molar-refractivity contribution in [2.24, 2.45) is 0 Å². The van der Waals surface area contributed by atoms with Crippen LogP contribution >= 0.6 is 35.0 Å². The number of nitrogens with zero attached hydrogens (tertiary/aromatic N) is 3. The smallest absolute Gasteiger partial charge is 0.266 e. The zero-order valence-electron chi connectivity index (χ0n) is 17.4. The first kappa shape index (κ1) is 23.6. The third-order valence-electron chi connectivity index (χ3n) is 4.56. The Morgan fingerprint density at radius 2 is 1.97 bits per heavy atom. The van der Waals surface area contributed by atoms with Gasteiger partial charge in [-0.3, -0.25) is 14.2 Å². The summed E-state index contributed by atoms with van der Waals surface area (Å²) in [5.74, 6) is 0.656. The Morgan fingerprint density at radius 1 is 1.19 bits per heavy atom. The van der Waals surface area contributed by atoms with Crippen molar-refractivity contribution in [3.05, 3.63) is 62.9 Å². The number of fused-ring (bicyclic) bond motifs is 1. The Balaban J connectivity index is 1.79. The van der Waals surface area contributed by atoms with Gasteiger partial charge in [0, 0.05) is 30.3 Å². The maximum atomic E-state index is 13.3. The van der Waals surface area contributed by atoms with Gasteiger partial charge in [0.1, 0.15) is 0 Å². The van der Waals surface area contributed by atoms with Gasteiger partial charge in [-0.05, 0) is 50.8 Å². The molecule has 0 bridgehead atoms. The van der Waals surface area contributed by atoms with E-state index in [-0.39, 0.29) is 11.5 Å². The van der Waals surface area contributed by atoms with Crippen molar-refractivity contribution in [3.63, 3.8) is 0 Å². The molecular formula is C22H24Cl2N4O2S. The van der Waals surface area contributed by atoms with Crippen LogP contribution < -0.4 is 10.9 Å². The molecule has 0 atom stereocenters. The number of aromatic nitrogens is 2. The number of rotatable bonds is 9. The van der Waals surface area contributed by atoms with Gasteiger partial charge in [-0.2, -0.15) is 0 Å². The predicted molar refractivity (Wildman–Crippen MR) is 129 cm³/mol. The van der Waals surface area contributed by atoms with Crippen LogP contribution in [0.15, 0.2) is 52.4 Å². The molecule has 0 radical (unpaired) electrons. The SMILES string of the molecule is CN(C)CCNC(=O)CCCSc1nc2ccccc2c(=O)n1-c1ccc(Cl)cc1Cl. The highest BCUT2D eigenvalue weighted by molar-refractivity contribution is 7.99. The van der Waals surface area contributed by atoms with Crippen molar-refractivity contribution in [3.8, 4) is 5.69 Å². The average molecular weight is 479 g/mol. The number of amides is 1. The van der Waals surface area contributed by atoms with Crippen LogP contribution in [0, 0.1) is 0 Å². The second kappa shape index (κ2) is 11.0. The summed E-state index contributed by atoms with van der Waals surface area (Å²) in [6.45, 7) is 1.43. The quantitative estimate of drug-likeness (QED) is 0.283. The Bertz CT molecular complexity index is 1130. The lowest BCUT2D eigenvalue weighted by atomic mass is 10.2. The average Bonchev–Trinajstić information content (AvgIpc) is 2.72. The van der Waals surface area contributed by atoms with E-state index in [9.17, 15) is 9.59 Å². The molecule has 3 aromatic rings. The van der Waals surface area contributed by atoms with Gasteiger partial charge >= 0.3 is 0 Å². The number of hydrogen-bond donors (Lipinski definition) is 1. The molecular weight excluding hydrogens is 455 g/mol. The van der Waals surface area contributed by atoms with Crippen LogP contribution in [0.1, 0.15) is 12.8 Å². The van der Waals surface area contributed by atoms with Crippen molar-refractivity contribution < 1.29 is 4.79 Å². The third-order valence-corrected chi connectivity index (χ3v) is 6.12. The van der Waals surface area contributed by atoms with Crippen LogP contribution in [-0.4, -0.2) is 53.3 Å². The molecule has 1 amide bonds. The predicted octanol–water partition coefficient (Wildman–Crippen LogP) is 4.24. The van der Waals surface area contributed by atoms with E-state index >= 15 is 0 Å². The third kappa shape index (κ3) is 6.23. The molecule has 0 aliphatic heterocycles. The number of para-hydroxylation sites is 1. The second-order valence-corrected chi connectivity index (χ2v) is 9.16. The Kier molecular flexibility index (Phi) is 8.37. The summed E-state index contributed by atoms with van der Waals surface area (Å²) >= 11 is 13.9. The topological polar surface area (TPSA) is 67.2 Å². The first-order chi connectivity index (χ1) is 14.9. The fourth-order valence-electron chi connectivity index (χ4n) is 2.99. The molecule has 0 aliphatic rings. The molecule has 0 saturated heterocycles. The monoisotopic (exact) mass is 478 g/mol. The van der Waals surface area contributed by atoms with Crippen molar-refractivity contribution >= 4 is 51.8 Å². The number of nitrogens with one attached hydrogen (secondary N) is 1. The number of hydrogen-bond acceptors (Lipinski definition) is 5. The number of carbonyl (C=O) groups excluding carboxylic acids is 1. The number of likely N-dealkylation sites (N-methyl/N-ethyl adjacent to an activating group) is 1. The van der Waals surface area contributed by atoms with E-state index in [4.69, 9.17) is 23.2 Å². The number of carbonyl (C=O) groups is 1. The van der Waals surface area contributed by atoms with Crippen molar-refractivity contribution in [2.45, 2.75) is 18.0 Å². The summed E-state index contributed by atoms with van der Waals surface area (Å²) in [5.41, 5.74) is 0.953. The lowest BCUT2D eigenvalue weighted by molar-refractivity contribution is -0.121. The molecule has 1 N–H and O–H groups in total. The van der Waals surface area contributed by atoms with E-state index in [1.165, 1.54) is 16.3 Å². The Hall–Kier alpha value is -2.06. The summed E-state index contributed by atoms with van der Waals surface area (Å²) in [6, 6.07) is 12.2. The van der Waals surface area contributed by atoms with Gasteiger partial charge in [-0.25, -0.2) is 4.98 Å². The lowest BCUT2D eigenvalue weighted by Gasteiger charge is -2.14. The van der Waals surface area contributed by atoms with E-state index in [1.807, 2.05) is 31.1 Å². The van der Waals surface area contributed by atoms with Gasteiger partial charge in [-0.1, -0.05) is 47.1 Å². The van der Waals surface area contributed by atoms with E-state index in [2.05, 4.69) is 10.3 Å². The molecule has 164 valence electrons. The fraction of sp³-hybridized carbons (Fsp3) is 0.318. The minimum Gasteiger partial charge on any atom is -0.355 e.